The van der Waals surface area contributed by atoms with E-state index in [2.05, 4.69) is 4.74 Å². The molecule has 82 valence electrons. The predicted molar refractivity (Wildman–Crippen MR) is 34.2 cm³/mol. The van der Waals surface area contributed by atoms with Crippen LogP contribution in [0.25, 0.3) is 0 Å². The van der Waals surface area contributed by atoms with Crippen molar-refractivity contribution in [1.82, 2.24) is 0 Å². The molecule has 0 aromatic rings. The number of hydrogen-bond acceptors (Lipinski definition) is 3. The number of aliphatic carboxylic acids is 1. The molecule has 0 atom stereocenters. The smallest absolute Gasteiger partial charge is 0.376 e. The highest BCUT2D eigenvalue weighted by Gasteiger charge is 2.53. The van der Waals surface area contributed by atoms with Gasteiger partial charge in [0.15, 0.2) is 0 Å². The summed E-state index contributed by atoms with van der Waals surface area (Å²) in [6.45, 7) is 0. The van der Waals surface area contributed by atoms with Gasteiger partial charge in [-0.1, -0.05) is 0 Å². The zero-order chi connectivity index (χ0) is 11.6. The summed E-state index contributed by atoms with van der Waals surface area (Å²) in [4.78, 5) is 20.0. The van der Waals surface area contributed by atoms with Crippen LogP contribution in [0.3, 0.4) is 0 Å². The number of methoxy groups -OCH3 is 1. The molecule has 4 nitrogen and oxygen atoms in total. The van der Waals surface area contributed by atoms with Gasteiger partial charge in [0.05, 0.1) is 13.5 Å². The fourth-order valence-electron chi connectivity index (χ4n) is 0.576. The number of hydrogen-bond donors (Lipinski definition) is 1. The van der Waals surface area contributed by atoms with E-state index in [0.29, 0.717) is 7.11 Å². The number of carbonyl (C=O) groups excluding carboxylic acids is 1. The topological polar surface area (TPSA) is 63.6 Å². The molecule has 0 unspecified atom stereocenters. The van der Waals surface area contributed by atoms with Crippen molar-refractivity contribution in [2.24, 2.45) is 0 Å². The zero-order valence-corrected chi connectivity index (χ0v) is 6.89. The van der Waals surface area contributed by atoms with Gasteiger partial charge in [0.2, 0.25) is 0 Å². The first kappa shape index (κ1) is 12.7. The highest BCUT2D eigenvalue weighted by atomic mass is 19.3. The Labute approximate surface area is 75.5 Å². The van der Waals surface area contributed by atoms with E-state index in [-0.39, 0.29) is 0 Å². The first-order valence-corrected chi connectivity index (χ1v) is 3.21. The van der Waals surface area contributed by atoms with Crippen LogP contribution in [0.1, 0.15) is 6.42 Å². The van der Waals surface area contributed by atoms with Crippen molar-refractivity contribution in [2.75, 3.05) is 7.11 Å². The number of carboxylic acids is 1. The summed E-state index contributed by atoms with van der Waals surface area (Å²) in [7, 11) is 0.579. The SMILES string of the molecule is COC(=O)C(F)(F)CC(F)(F)C(=O)O. The highest BCUT2D eigenvalue weighted by molar-refractivity contribution is 5.80. The molecule has 0 heterocycles. The van der Waals surface area contributed by atoms with E-state index in [1.54, 1.807) is 0 Å². The van der Waals surface area contributed by atoms with E-state index in [0.717, 1.165) is 0 Å². The second-order valence-corrected chi connectivity index (χ2v) is 2.38. The van der Waals surface area contributed by atoms with E-state index in [4.69, 9.17) is 5.11 Å². The standard InChI is InChI=1S/C6H6F4O4/c1-14-4(13)6(9,10)2-5(7,8)3(11)12/h2H2,1H3,(H,11,12). The lowest BCUT2D eigenvalue weighted by Crippen LogP contribution is -2.41. The average Bonchev–Trinajstić information content (AvgIpc) is 2.00. The van der Waals surface area contributed by atoms with E-state index in [1.807, 2.05) is 0 Å². The number of alkyl halides is 4. The first-order valence-electron chi connectivity index (χ1n) is 3.21. The van der Waals surface area contributed by atoms with Crippen LogP contribution in [-0.4, -0.2) is 36.0 Å². The van der Waals surface area contributed by atoms with Crippen LogP contribution < -0.4 is 0 Å². The van der Waals surface area contributed by atoms with Crippen molar-refractivity contribution in [2.45, 2.75) is 18.3 Å². The molecule has 0 saturated heterocycles. The minimum absolute atomic E-state index is 0.579. The Morgan fingerprint density at radius 2 is 1.64 bits per heavy atom. The van der Waals surface area contributed by atoms with Crippen LogP contribution in [0.2, 0.25) is 0 Å². The highest BCUT2D eigenvalue weighted by Crippen LogP contribution is 2.31. The van der Waals surface area contributed by atoms with Crippen molar-refractivity contribution >= 4 is 11.9 Å². The van der Waals surface area contributed by atoms with Crippen LogP contribution in [0.15, 0.2) is 0 Å². The minimum atomic E-state index is -4.67. The molecule has 0 rings (SSSR count). The van der Waals surface area contributed by atoms with Crippen LogP contribution in [0, 0.1) is 0 Å². The van der Waals surface area contributed by atoms with Crippen molar-refractivity contribution in [3.63, 3.8) is 0 Å². The van der Waals surface area contributed by atoms with Gasteiger partial charge in [-0.15, -0.1) is 0 Å². The summed E-state index contributed by atoms with van der Waals surface area (Å²) in [5, 5.41) is 7.82. The molecule has 0 aliphatic carbocycles. The third-order valence-electron chi connectivity index (χ3n) is 1.24. The maximum Gasteiger partial charge on any atom is 0.376 e. The molecule has 0 spiro atoms. The molecule has 0 aromatic carbocycles. The molecule has 0 aromatic heterocycles. The number of esters is 1. The van der Waals surface area contributed by atoms with Gasteiger partial charge >= 0.3 is 23.8 Å². The summed E-state index contributed by atoms with van der Waals surface area (Å²) >= 11 is 0. The Hall–Kier alpha value is -1.34. The second-order valence-electron chi connectivity index (χ2n) is 2.38. The van der Waals surface area contributed by atoms with E-state index < -0.39 is 30.2 Å². The molecular weight excluding hydrogens is 212 g/mol. The van der Waals surface area contributed by atoms with Gasteiger partial charge in [0, 0.05) is 0 Å². The van der Waals surface area contributed by atoms with Gasteiger partial charge in [-0.3, -0.25) is 0 Å². The second kappa shape index (κ2) is 3.81. The van der Waals surface area contributed by atoms with Crippen LogP contribution >= 0.6 is 0 Å². The Kier molecular flexibility index (Phi) is 3.44. The van der Waals surface area contributed by atoms with Crippen LogP contribution in [0.4, 0.5) is 17.6 Å². The lowest BCUT2D eigenvalue weighted by molar-refractivity contribution is -0.191. The van der Waals surface area contributed by atoms with Crippen molar-refractivity contribution in [3.05, 3.63) is 0 Å². The molecule has 1 N–H and O–H groups in total. The molecule has 0 saturated carbocycles. The molecule has 0 radical (unpaired) electrons. The third-order valence-corrected chi connectivity index (χ3v) is 1.24. The summed E-state index contributed by atoms with van der Waals surface area (Å²) in [6, 6.07) is 0. The first-order chi connectivity index (χ1) is 6.13. The largest absolute Gasteiger partial charge is 0.477 e. The van der Waals surface area contributed by atoms with Gasteiger partial charge in [0.1, 0.15) is 0 Å². The van der Waals surface area contributed by atoms with Gasteiger partial charge in [-0.25, -0.2) is 9.59 Å². The normalized spacial score (nSPS) is 12.4. The van der Waals surface area contributed by atoms with Crippen LogP contribution in [0.5, 0.6) is 0 Å². The summed E-state index contributed by atoms with van der Waals surface area (Å²) in [6.07, 6.45) is -2.41. The van der Waals surface area contributed by atoms with Gasteiger partial charge in [0.25, 0.3) is 0 Å². The van der Waals surface area contributed by atoms with Gasteiger partial charge < -0.3 is 9.84 Å². The minimum Gasteiger partial charge on any atom is -0.477 e. The monoisotopic (exact) mass is 218 g/mol. The number of halogens is 4. The molecule has 0 amide bonds. The third kappa shape index (κ3) is 2.86. The van der Waals surface area contributed by atoms with E-state index in [1.165, 1.54) is 0 Å². The fraction of sp³-hybridized carbons (Fsp3) is 0.667. The van der Waals surface area contributed by atoms with Crippen molar-refractivity contribution in [3.8, 4) is 0 Å². The fourth-order valence-corrected chi connectivity index (χ4v) is 0.576. The molecule has 14 heavy (non-hydrogen) atoms. The predicted octanol–water partition coefficient (Wildman–Crippen LogP) is 0.905. The Morgan fingerprint density at radius 1 is 1.21 bits per heavy atom. The average molecular weight is 218 g/mol. The molecule has 0 bridgehead atoms. The lowest BCUT2D eigenvalue weighted by atomic mass is 10.1. The number of rotatable bonds is 4. The molecule has 8 heteroatoms. The van der Waals surface area contributed by atoms with Crippen molar-refractivity contribution < 1.29 is 37.0 Å². The lowest BCUT2D eigenvalue weighted by Gasteiger charge is -2.17. The summed E-state index contributed by atoms with van der Waals surface area (Å²) in [5.74, 6) is -14.1. The Bertz CT molecular complexity index is 250. The van der Waals surface area contributed by atoms with E-state index in [9.17, 15) is 27.2 Å². The number of carbonyl (C=O) groups is 2. The maximum absolute atomic E-state index is 12.5. The number of carboxylic acid groups (broad SMARTS) is 1. The summed E-state index contributed by atoms with van der Waals surface area (Å²) < 4.78 is 52.9. The quantitative estimate of drug-likeness (QED) is 0.562. The molecule has 0 fully saturated rings. The molecule has 0 aliphatic heterocycles. The Morgan fingerprint density at radius 3 is 1.93 bits per heavy atom. The molecular formula is C6H6F4O4. The maximum atomic E-state index is 12.5. The number of ether oxygens (including phenoxy) is 1. The van der Waals surface area contributed by atoms with Gasteiger partial charge in [-0.05, 0) is 0 Å². The molecule has 0 aliphatic rings. The summed E-state index contributed by atoms with van der Waals surface area (Å²) in [5.41, 5.74) is 0. The van der Waals surface area contributed by atoms with Gasteiger partial charge in [-0.2, -0.15) is 17.6 Å². The Balaban J connectivity index is 4.66. The van der Waals surface area contributed by atoms with Crippen molar-refractivity contribution in [1.29, 1.82) is 0 Å². The zero-order valence-electron chi connectivity index (χ0n) is 6.89. The van der Waals surface area contributed by atoms with E-state index >= 15 is 0 Å². The van der Waals surface area contributed by atoms with Crippen LogP contribution in [-0.2, 0) is 14.3 Å².